The standard InChI is InChI=1S/C9H6F3INO5S/c10-9(11,12)20(17,18)19-6-5-13-7-1-3-8(4-2-7)14(15)16/h1-6H/q+1/b6-5+. The Hall–Kier alpha value is -1.37. The first-order chi connectivity index (χ1) is 9.13. The van der Waals surface area contributed by atoms with Crippen molar-refractivity contribution >= 4 is 15.8 Å². The van der Waals surface area contributed by atoms with E-state index in [1.807, 2.05) is 0 Å². The molecule has 0 aromatic heterocycles. The number of nitrogens with zero attached hydrogens (tertiary/aromatic N) is 1. The first-order valence-electron chi connectivity index (χ1n) is 4.66. The minimum absolute atomic E-state index is 0.113. The van der Waals surface area contributed by atoms with Gasteiger partial charge in [0, 0.05) is 12.1 Å². The fourth-order valence-electron chi connectivity index (χ4n) is 0.883. The molecule has 0 atom stereocenters. The molecule has 0 aliphatic carbocycles. The minimum atomic E-state index is -5.63. The lowest BCUT2D eigenvalue weighted by atomic mass is 10.3. The third-order valence-corrected chi connectivity index (χ3v) is 4.77. The van der Waals surface area contributed by atoms with E-state index in [0.717, 1.165) is 4.08 Å². The van der Waals surface area contributed by atoms with Crippen molar-refractivity contribution in [3.05, 3.63) is 48.3 Å². The van der Waals surface area contributed by atoms with Crippen LogP contribution in [0.2, 0.25) is 0 Å². The average Bonchev–Trinajstić information content (AvgIpc) is 2.34. The highest BCUT2D eigenvalue weighted by molar-refractivity contribution is 7.87. The summed E-state index contributed by atoms with van der Waals surface area (Å²) in [5.74, 6) is 0. The largest absolute Gasteiger partial charge is 0.534 e. The van der Waals surface area contributed by atoms with Crippen molar-refractivity contribution in [2.45, 2.75) is 5.51 Å². The molecule has 1 aromatic carbocycles. The quantitative estimate of drug-likeness (QED) is 0.154. The van der Waals surface area contributed by atoms with Crippen molar-refractivity contribution in [3.63, 3.8) is 0 Å². The highest BCUT2D eigenvalue weighted by atomic mass is 127. The molecule has 0 unspecified atom stereocenters. The monoisotopic (exact) mass is 424 g/mol. The molecular formula is C9H6F3INO5S+. The maximum atomic E-state index is 11.9. The molecule has 0 amide bonds. The van der Waals surface area contributed by atoms with Gasteiger partial charge >= 0.3 is 36.8 Å². The van der Waals surface area contributed by atoms with E-state index in [-0.39, 0.29) is 5.69 Å². The second-order valence-corrected chi connectivity index (χ2v) is 7.25. The summed E-state index contributed by atoms with van der Waals surface area (Å²) in [5, 5.41) is 10.4. The van der Waals surface area contributed by atoms with Crippen LogP contribution in [0.25, 0.3) is 0 Å². The predicted molar refractivity (Wildman–Crippen MR) is 57.0 cm³/mol. The van der Waals surface area contributed by atoms with E-state index < -0.39 is 41.8 Å². The summed E-state index contributed by atoms with van der Waals surface area (Å²) in [6.45, 7) is 0. The van der Waals surface area contributed by atoms with Gasteiger partial charge in [-0.2, -0.15) is 21.6 Å². The van der Waals surface area contributed by atoms with Crippen molar-refractivity contribution in [2.24, 2.45) is 0 Å². The summed E-state index contributed by atoms with van der Waals surface area (Å²) in [6.07, 6.45) is 0.456. The molecule has 1 rings (SSSR count). The number of benzene rings is 1. The van der Waals surface area contributed by atoms with Gasteiger partial charge in [0.05, 0.1) is 4.92 Å². The first-order valence-corrected chi connectivity index (χ1v) is 8.39. The Labute approximate surface area is 121 Å². The molecule has 0 spiro atoms. The van der Waals surface area contributed by atoms with E-state index in [2.05, 4.69) is 4.18 Å². The molecule has 20 heavy (non-hydrogen) atoms. The van der Waals surface area contributed by atoms with Crippen molar-refractivity contribution in [1.29, 1.82) is 0 Å². The van der Waals surface area contributed by atoms with Crippen molar-refractivity contribution in [3.8, 4) is 0 Å². The van der Waals surface area contributed by atoms with E-state index >= 15 is 0 Å². The van der Waals surface area contributed by atoms with E-state index in [4.69, 9.17) is 0 Å². The lowest BCUT2D eigenvalue weighted by Gasteiger charge is -2.04. The van der Waals surface area contributed by atoms with E-state index in [9.17, 15) is 31.7 Å². The van der Waals surface area contributed by atoms with Gasteiger partial charge in [-0.1, -0.05) is 0 Å². The zero-order chi connectivity index (χ0) is 15.4. The number of nitro benzene ring substituents is 1. The number of hydrogen-bond acceptors (Lipinski definition) is 5. The summed E-state index contributed by atoms with van der Waals surface area (Å²) in [5.41, 5.74) is -5.58. The van der Waals surface area contributed by atoms with Gasteiger partial charge in [-0.05, 0) is 12.1 Å². The van der Waals surface area contributed by atoms with Crippen LogP contribution in [0.4, 0.5) is 18.9 Å². The number of hydrogen-bond donors (Lipinski definition) is 0. The first kappa shape index (κ1) is 16.7. The Morgan fingerprint density at radius 1 is 1.25 bits per heavy atom. The normalized spacial score (nSPS) is 12.6. The third kappa shape index (κ3) is 4.63. The molecule has 0 saturated heterocycles. The topological polar surface area (TPSA) is 86.5 Å². The van der Waals surface area contributed by atoms with Crippen LogP contribution in [0.15, 0.2) is 34.6 Å². The van der Waals surface area contributed by atoms with Crippen molar-refractivity contribution in [2.75, 3.05) is 0 Å². The minimum Gasteiger partial charge on any atom is -0.380 e. The van der Waals surface area contributed by atoms with Crippen LogP contribution >= 0.6 is 0 Å². The van der Waals surface area contributed by atoms with Gasteiger partial charge in [0.25, 0.3) is 5.69 Å². The number of alkyl halides is 3. The lowest BCUT2D eigenvalue weighted by molar-refractivity contribution is -0.557. The summed E-state index contributed by atoms with van der Waals surface area (Å²) >= 11 is -0.957. The molecule has 0 heterocycles. The smallest absolute Gasteiger partial charge is 0.380 e. The van der Waals surface area contributed by atoms with Crippen LogP contribution in [0.1, 0.15) is 0 Å². The van der Waals surface area contributed by atoms with Gasteiger partial charge in [0.1, 0.15) is 0 Å². The van der Waals surface area contributed by atoms with Crippen LogP contribution in [-0.2, 0) is 14.3 Å². The molecule has 0 aliphatic rings. The summed E-state index contributed by atoms with van der Waals surface area (Å²) in [7, 11) is -5.63. The van der Waals surface area contributed by atoms with Crippen LogP contribution in [0.3, 0.4) is 0 Å². The Balaban J connectivity index is 2.60. The number of non-ortho nitro benzene ring substituents is 1. The molecular weight excluding hydrogens is 418 g/mol. The van der Waals surface area contributed by atoms with Gasteiger partial charge in [-0.15, -0.1) is 0 Å². The average molecular weight is 424 g/mol. The van der Waals surface area contributed by atoms with Crippen molar-refractivity contribution < 1.29 is 51.9 Å². The molecule has 110 valence electrons. The van der Waals surface area contributed by atoms with Gasteiger partial charge in [-0.25, -0.2) is 0 Å². The summed E-state index contributed by atoms with van der Waals surface area (Å²) in [6, 6.07) is 5.37. The zero-order valence-electron chi connectivity index (χ0n) is 9.37. The molecule has 1 aromatic rings. The molecule has 0 N–H and O–H groups in total. The van der Waals surface area contributed by atoms with Gasteiger partial charge in [0.2, 0.25) is 0 Å². The third-order valence-electron chi connectivity index (χ3n) is 1.74. The Kier molecular flexibility index (Phi) is 5.33. The van der Waals surface area contributed by atoms with Gasteiger partial charge < -0.3 is 4.18 Å². The highest BCUT2D eigenvalue weighted by Gasteiger charge is 2.48. The summed E-state index contributed by atoms with van der Waals surface area (Å²) in [4.78, 5) is 9.80. The van der Waals surface area contributed by atoms with Crippen LogP contribution in [-0.4, -0.2) is 18.8 Å². The van der Waals surface area contributed by atoms with Gasteiger partial charge in [0.15, 0.2) is 13.9 Å². The van der Waals surface area contributed by atoms with E-state index in [1.54, 1.807) is 0 Å². The molecule has 0 bridgehead atoms. The number of halogens is 4. The molecule has 6 nitrogen and oxygen atoms in total. The molecule has 11 heteroatoms. The maximum absolute atomic E-state index is 11.9. The highest BCUT2D eigenvalue weighted by Crippen LogP contribution is 2.24. The van der Waals surface area contributed by atoms with Gasteiger partial charge in [-0.3, -0.25) is 10.1 Å². The second-order valence-electron chi connectivity index (χ2n) is 3.10. The summed E-state index contributed by atoms with van der Waals surface area (Å²) < 4.78 is 62.2. The SMILES string of the molecule is O=[N+]([O-])c1ccc([I+]/C=C/OS(=O)(=O)C(F)(F)F)cc1. The van der Waals surface area contributed by atoms with Crippen molar-refractivity contribution in [1.82, 2.24) is 0 Å². The second kappa shape index (κ2) is 6.39. The fourth-order valence-corrected chi connectivity index (χ4v) is 2.88. The van der Waals surface area contributed by atoms with E-state index in [0.29, 0.717) is 9.83 Å². The van der Waals surface area contributed by atoms with Crippen LogP contribution in [0.5, 0.6) is 0 Å². The predicted octanol–water partition coefficient (Wildman–Crippen LogP) is -0.809. The Morgan fingerprint density at radius 2 is 1.80 bits per heavy atom. The maximum Gasteiger partial charge on any atom is 0.534 e. The van der Waals surface area contributed by atoms with E-state index in [1.165, 1.54) is 24.3 Å². The molecule has 0 radical (unpaired) electrons. The fraction of sp³-hybridized carbons (Fsp3) is 0.111. The number of nitro groups is 1. The Bertz CT molecular complexity index is 611. The van der Waals surface area contributed by atoms with Crippen LogP contribution < -0.4 is 21.2 Å². The lowest BCUT2D eigenvalue weighted by Crippen LogP contribution is -3.59. The molecule has 0 aliphatic heterocycles. The number of rotatable bonds is 5. The van der Waals surface area contributed by atoms with Crippen LogP contribution in [0, 0.1) is 13.7 Å². The molecule has 0 fully saturated rings. The molecule has 0 saturated carbocycles. The Morgan fingerprint density at radius 3 is 2.25 bits per heavy atom. The zero-order valence-corrected chi connectivity index (χ0v) is 12.3.